The second-order valence-electron chi connectivity index (χ2n) is 20.0. The van der Waals surface area contributed by atoms with Crippen molar-refractivity contribution in [2.24, 2.45) is 0 Å². The minimum Gasteiger partial charge on any atom is -0.354 e. The van der Waals surface area contributed by atoms with E-state index in [1.165, 1.54) is 103 Å². The number of rotatable bonds is 24. The predicted octanol–water partition coefficient (Wildman–Crippen LogP) is 14.8. The molecule has 7 aromatic heterocycles. The first kappa shape index (κ1) is 50.2. The number of nitrogens with one attached hydrogen (secondary N) is 2. The predicted molar refractivity (Wildman–Crippen MR) is 298 cm³/mol. The van der Waals surface area contributed by atoms with Crippen LogP contribution in [0.15, 0.2) is 122 Å². The molecular formula is C64H78N8+4. The molecule has 8 nitrogen and oxygen atoms in total. The van der Waals surface area contributed by atoms with Gasteiger partial charge in [-0.05, 0) is 96.5 Å². The molecule has 0 aliphatic carbocycles. The normalized spacial score (nSPS) is 12.1. The second-order valence-corrected chi connectivity index (χ2v) is 20.0. The summed E-state index contributed by atoms with van der Waals surface area (Å²) in [4.78, 5) is 19.2. The first-order chi connectivity index (χ1) is 35.5. The van der Waals surface area contributed by atoms with Crippen LogP contribution in [0.3, 0.4) is 0 Å². The van der Waals surface area contributed by atoms with Gasteiger partial charge in [0.1, 0.15) is 26.2 Å². The summed E-state index contributed by atoms with van der Waals surface area (Å²) in [6.45, 7) is 13.1. The molecule has 370 valence electrons. The molecule has 0 fully saturated rings. The molecule has 0 saturated heterocycles. The minimum atomic E-state index is 0.927. The van der Waals surface area contributed by atoms with E-state index in [2.05, 4.69) is 203 Å². The van der Waals surface area contributed by atoms with Crippen LogP contribution in [-0.4, -0.2) is 19.9 Å². The summed E-state index contributed by atoms with van der Waals surface area (Å²) >= 11 is 0. The number of hydrogen-bond donors (Lipinski definition) is 2. The largest absolute Gasteiger partial charge is 0.354 e. The van der Waals surface area contributed by atoms with Gasteiger partial charge in [-0.1, -0.05) is 79.1 Å². The molecule has 0 radical (unpaired) electrons. The number of pyridine rings is 4. The molecule has 8 heteroatoms. The fraction of sp³-hybridized carbons (Fsp3) is 0.375. The molecule has 8 bridgehead atoms. The summed E-state index contributed by atoms with van der Waals surface area (Å²) in [6, 6.07) is 27.1. The lowest BCUT2D eigenvalue weighted by atomic mass is 10.0. The SMILES string of the molecule is CCCCCC[n+]1ccc(-c2c3nc(c(-c4cc[n+](CCCCCC)cc4)c4ccc([nH]4)c(-c4cc[n+](CCCCCC)cc4)c4nc(c(-c5cc[n+](CCCCCC)cc5)c5ccc2[nH]5)C=C4)C=C3)cc1. The van der Waals surface area contributed by atoms with Crippen molar-refractivity contribution < 1.29 is 18.3 Å². The van der Waals surface area contributed by atoms with Gasteiger partial charge in [-0.25, -0.2) is 28.2 Å². The van der Waals surface area contributed by atoms with Gasteiger partial charge in [0.2, 0.25) is 0 Å². The van der Waals surface area contributed by atoms with Crippen LogP contribution in [0.1, 0.15) is 153 Å². The Morgan fingerprint density at radius 2 is 0.514 bits per heavy atom. The molecule has 0 spiro atoms. The van der Waals surface area contributed by atoms with E-state index in [9.17, 15) is 0 Å². The van der Waals surface area contributed by atoms with E-state index in [1.54, 1.807) is 0 Å². The van der Waals surface area contributed by atoms with Crippen molar-refractivity contribution in [3.63, 3.8) is 0 Å². The zero-order valence-electron chi connectivity index (χ0n) is 43.7. The fourth-order valence-corrected chi connectivity index (χ4v) is 10.4. The molecule has 9 heterocycles. The van der Waals surface area contributed by atoms with Gasteiger partial charge in [0.25, 0.3) is 0 Å². The lowest BCUT2D eigenvalue weighted by Gasteiger charge is -2.07. The van der Waals surface area contributed by atoms with Gasteiger partial charge < -0.3 is 9.97 Å². The Kier molecular flexibility index (Phi) is 17.4. The van der Waals surface area contributed by atoms with Crippen molar-refractivity contribution in [1.82, 2.24) is 19.9 Å². The highest BCUT2D eigenvalue weighted by Crippen LogP contribution is 2.38. The molecular weight excluding hydrogens is 881 g/mol. The highest BCUT2D eigenvalue weighted by atomic mass is 14.9. The van der Waals surface area contributed by atoms with Gasteiger partial charge in [-0.2, -0.15) is 0 Å². The molecule has 2 aliphatic rings. The van der Waals surface area contributed by atoms with E-state index in [-0.39, 0.29) is 0 Å². The van der Waals surface area contributed by atoms with Crippen molar-refractivity contribution in [2.45, 2.75) is 157 Å². The second kappa shape index (κ2) is 25.0. The monoisotopic (exact) mass is 959 g/mol. The van der Waals surface area contributed by atoms with Crippen molar-refractivity contribution >= 4 is 46.4 Å². The summed E-state index contributed by atoms with van der Waals surface area (Å²) in [6.07, 6.45) is 46.5. The van der Waals surface area contributed by atoms with Crippen molar-refractivity contribution in [2.75, 3.05) is 0 Å². The number of fused-ring (bicyclic) bond motifs is 8. The quantitative estimate of drug-likeness (QED) is 0.0468. The molecule has 0 amide bonds. The average Bonchev–Trinajstić information content (AvgIpc) is 4.27. The van der Waals surface area contributed by atoms with Gasteiger partial charge in [-0.3, -0.25) is 0 Å². The average molecular weight is 959 g/mol. The Hall–Kier alpha value is -6.80. The third-order valence-electron chi connectivity index (χ3n) is 14.6. The number of nitrogens with zero attached hydrogens (tertiary/aromatic N) is 6. The molecule has 2 aliphatic heterocycles. The van der Waals surface area contributed by atoms with E-state index >= 15 is 0 Å². The zero-order valence-corrected chi connectivity index (χ0v) is 43.7. The number of aromatic amines is 2. The number of unbranched alkanes of at least 4 members (excludes halogenated alkanes) is 12. The first-order valence-electron chi connectivity index (χ1n) is 27.7. The maximum atomic E-state index is 5.61. The van der Waals surface area contributed by atoms with Gasteiger partial charge in [-0.15, -0.1) is 0 Å². The number of aryl methyl sites for hydroxylation is 4. The van der Waals surface area contributed by atoms with Gasteiger partial charge in [0, 0.05) is 119 Å². The molecule has 0 atom stereocenters. The molecule has 7 aromatic rings. The zero-order chi connectivity index (χ0) is 49.5. The lowest BCUT2D eigenvalue weighted by molar-refractivity contribution is -0.697. The standard InChI is InChI=1S/C64H77N8/c1-5-9-13-17-37-69-41-29-49(30-42-69)61-53-21-23-55(65-53)62(50-31-43-70(44-32-50)38-18-14-10-6-2)57-25-27-59(67-57)64(52-35-47-72(48-36-52)40-20-16-12-8-4)60-28-26-58(68-60)63(56-24-22-54(61)66-56)51-33-45-71(46-34-51)39-19-15-11-7-3/h21-36,41-48H,5-20,37-40H2,1-4H3,(H,65,66,67,68)/q+3/p+1. The van der Waals surface area contributed by atoms with E-state index in [0.717, 1.165) is 116 Å². The fourth-order valence-electron chi connectivity index (χ4n) is 10.4. The molecule has 0 aromatic carbocycles. The van der Waals surface area contributed by atoms with Gasteiger partial charge in [0.05, 0.1) is 22.8 Å². The van der Waals surface area contributed by atoms with Crippen LogP contribution >= 0.6 is 0 Å². The summed E-state index contributed by atoms with van der Waals surface area (Å²) in [5, 5.41) is 0. The number of H-pyrrole nitrogens is 2. The van der Waals surface area contributed by atoms with Crippen LogP contribution in [0.25, 0.3) is 90.9 Å². The van der Waals surface area contributed by atoms with Crippen LogP contribution < -0.4 is 18.3 Å². The Morgan fingerprint density at radius 1 is 0.292 bits per heavy atom. The summed E-state index contributed by atoms with van der Waals surface area (Å²) in [5.74, 6) is 0. The van der Waals surface area contributed by atoms with Crippen molar-refractivity contribution in [1.29, 1.82) is 0 Å². The highest BCUT2D eigenvalue weighted by Gasteiger charge is 2.21. The topological polar surface area (TPSA) is 72.9 Å². The number of aromatic nitrogens is 8. The Balaban J connectivity index is 1.27. The van der Waals surface area contributed by atoms with E-state index in [4.69, 9.17) is 9.97 Å². The van der Waals surface area contributed by atoms with Crippen LogP contribution in [0.5, 0.6) is 0 Å². The van der Waals surface area contributed by atoms with E-state index in [1.807, 2.05) is 0 Å². The Morgan fingerprint density at radius 3 is 0.722 bits per heavy atom. The van der Waals surface area contributed by atoms with Gasteiger partial charge >= 0.3 is 0 Å². The Labute approximate surface area is 429 Å². The van der Waals surface area contributed by atoms with Crippen LogP contribution in [-0.2, 0) is 26.2 Å². The smallest absolute Gasteiger partial charge is 0.169 e. The van der Waals surface area contributed by atoms with Crippen LogP contribution in [0, 0.1) is 0 Å². The minimum absolute atomic E-state index is 0.927. The summed E-state index contributed by atoms with van der Waals surface area (Å²) in [5.41, 5.74) is 16.5. The Bertz CT molecular complexity index is 2690. The maximum absolute atomic E-state index is 5.61. The molecule has 0 unspecified atom stereocenters. The summed E-state index contributed by atoms with van der Waals surface area (Å²) in [7, 11) is 0. The molecule has 0 saturated carbocycles. The molecule has 72 heavy (non-hydrogen) atoms. The van der Waals surface area contributed by atoms with E-state index < -0.39 is 0 Å². The number of hydrogen-bond acceptors (Lipinski definition) is 2. The third kappa shape index (κ3) is 12.3. The summed E-state index contributed by atoms with van der Waals surface area (Å²) < 4.78 is 9.29. The van der Waals surface area contributed by atoms with Crippen LogP contribution in [0.4, 0.5) is 0 Å². The van der Waals surface area contributed by atoms with Crippen LogP contribution in [0.2, 0.25) is 0 Å². The van der Waals surface area contributed by atoms with Crippen molar-refractivity contribution in [3.8, 4) is 44.5 Å². The van der Waals surface area contributed by atoms with Gasteiger partial charge in [0.15, 0.2) is 49.6 Å². The van der Waals surface area contributed by atoms with Crippen molar-refractivity contribution in [3.05, 3.63) is 145 Å². The van der Waals surface area contributed by atoms with E-state index in [0.29, 0.717) is 0 Å². The highest BCUT2D eigenvalue weighted by molar-refractivity contribution is 5.99. The maximum Gasteiger partial charge on any atom is 0.169 e. The third-order valence-corrected chi connectivity index (χ3v) is 14.6. The lowest BCUT2D eigenvalue weighted by Crippen LogP contribution is -2.32. The molecule has 9 rings (SSSR count). The molecule has 2 N–H and O–H groups in total. The first-order valence-corrected chi connectivity index (χ1v) is 27.7.